The first-order chi connectivity index (χ1) is 10.0. The summed E-state index contributed by atoms with van der Waals surface area (Å²) in [4.78, 5) is 12.2. The molecule has 2 rings (SSSR count). The molecule has 0 aliphatic carbocycles. The number of nitrogens with one attached hydrogen (secondary N) is 1. The minimum atomic E-state index is -0.799. The van der Waals surface area contributed by atoms with Gasteiger partial charge in [0.05, 0.1) is 22.3 Å². The van der Waals surface area contributed by atoms with E-state index >= 15 is 0 Å². The van der Waals surface area contributed by atoms with Crippen LogP contribution >= 0.6 is 11.6 Å². The van der Waals surface area contributed by atoms with Crippen molar-refractivity contribution in [3.8, 4) is 6.07 Å². The molecule has 0 saturated heterocycles. The summed E-state index contributed by atoms with van der Waals surface area (Å²) >= 11 is 6.00. The van der Waals surface area contributed by atoms with E-state index in [1.54, 1.807) is 12.1 Å². The molecule has 0 spiro atoms. The lowest BCUT2D eigenvalue weighted by molar-refractivity contribution is -0.117. The number of hydrogen-bond acceptors (Lipinski definition) is 3. The summed E-state index contributed by atoms with van der Waals surface area (Å²) in [7, 11) is 0. The largest absolute Gasteiger partial charge is 0.323 e. The summed E-state index contributed by atoms with van der Waals surface area (Å²) in [5, 5.41) is 11.9. The van der Waals surface area contributed by atoms with Crippen LogP contribution in [-0.4, -0.2) is 5.91 Å². The van der Waals surface area contributed by atoms with Crippen molar-refractivity contribution < 1.29 is 4.79 Å². The summed E-state index contributed by atoms with van der Waals surface area (Å²) < 4.78 is 0. The Kier molecular flexibility index (Phi) is 4.59. The summed E-state index contributed by atoms with van der Waals surface area (Å²) in [6.07, 6.45) is 0. The van der Waals surface area contributed by atoms with Gasteiger partial charge in [-0.25, -0.2) is 0 Å². The first-order valence-corrected chi connectivity index (χ1v) is 6.71. The van der Waals surface area contributed by atoms with Crippen molar-refractivity contribution in [2.45, 2.75) is 13.0 Å². The number of carbonyl (C=O) groups excluding carboxylic acids is 1. The Bertz CT molecular complexity index is 704. The molecule has 4 nitrogen and oxygen atoms in total. The van der Waals surface area contributed by atoms with Gasteiger partial charge >= 0.3 is 0 Å². The minimum Gasteiger partial charge on any atom is -0.323 e. The molecule has 2 aromatic rings. The van der Waals surface area contributed by atoms with E-state index in [0.29, 0.717) is 21.8 Å². The predicted molar refractivity (Wildman–Crippen MR) is 82.9 cm³/mol. The number of aryl methyl sites for hydroxylation is 1. The van der Waals surface area contributed by atoms with Crippen LogP contribution in [0.4, 0.5) is 5.69 Å². The Labute approximate surface area is 128 Å². The van der Waals surface area contributed by atoms with Gasteiger partial charge in [-0.15, -0.1) is 0 Å². The fourth-order valence-corrected chi connectivity index (χ4v) is 1.99. The molecule has 21 heavy (non-hydrogen) atoms. The molecule has 2 aromatic carbocycles. The highest BCUT2D eigenvalue weighted by atomic mass is 35.5. The normalized spacial score (nSPS) is 11.5. The fourth-order valence-electron chi connectivity index (χ4n) is 1.83. The Morgan fingerprint density at radius 1 is 1.29 bits per heavy atom. The summed E-state index contributed by atoms with van der Waals surface area (Å²) in [6.45, 7) is 1.96. The van der Waals surface area contributed by atoms with Crippen LogP contribution in [0, 0.1) is 18.3 Å². The van der Waals surface area contributed by atoms with Crippen LogP contribution in [0.15, 0.2) is 42.5 Å². The molecule has 0 aromatic heterocycles. The van der Waals surface area contributed by atoms with Crippen molar-refractivity contribution in [3.05, 3.63) is 64.2 Å². The molecule has 1 unspecified atom stereocenters. The molecule has 0 aliphatic heterocycles. The van der Waals surface area contributed by atoms with E-state index in [1.807, 2.05) is 37.3 Å². The highest BCUT2D eigenvalue weighted by molar-refractivity contribution is 6.33. The maximum Gasteiger partial charge on any atom is 0.245 e. The van der Waals surface area contributed by atoms with Crippen molar-refractivity contribution in [1.29, 1.82) is 5.26 Å². The average molecular weight is 300 g/mol. The van der Waals surface area contributed by atoms with E-state index in [9.17, 15) is 4.79 Å². The summed E-state index contributed by atoms with van der Waals surface area (Å²) in [6, 6.07) is 13.3. The topological polar surface area (TPSA) is 78.9 Å². The quantitative estimate of drug-likeness (QED) is 0.913. The number of rotatable bonds is 3. The summed E-state index contributed by atoms with van der Waals surface area (Å²) in [5.74, 6) is -0.379. The number of carbonyl (C=O) groups is 1. The fraction of sp³-hybridized carbons (Fsp3) is 0.125. The van der Waals surface area contributed by atoms with Crippen molar-refractivity contribution >= 4 is 23.2 Å². The van der Waals surface area contributed by atoms with E-state index < -0.39 is 6.04 Å². The van der Waals surface area contributed by atoms with Gasteiger partial charge < -0.3 is 11.1 Å². The molecule has 3 N–H and O–H groups in total. The second kappa shape index (κ2) is 6.40. The van der Waals surface area contributed by atoms with Crippen molar-refractivity contribution in [1.82, 2.24) is 0 Å². The maximum atomic E-state index is 12.2. The second-order valence-electron chi connectivity index (χ2n) is 4.68. The number of nitrogens with zero attached hydrogens (tertiary/aromatic N) is 1. The van der Waals surface area contributed by atoms with Gasteiger partial charge in [0.2, 0.25) is 5.91 Å². The molecule has 106 valence electrons. The third kappa shape index (κ3) is 3.60. The van der Waals surface area contributed by atoms with Gasteiger partial charge in [-0.2, -0.15) is 5.26 Å². The molecule has 0 radical (unpaired) electrons. The molecule has 0 fully saturated rings. The first kappa shape index (κ1) is 15.0. The highest BCUT2D eigenvalue weighted by Gasteiger charge is 2.17. The van der Waals surface area contributed by atoms with Crippen molar-refractivity contribution in [3.63, 3.8) is 0 Å². The Morgan fingerprint density at radius 2 is 1.95 bits per heavy atom. The van der Waals surface area contributed by atoms with Gasteiger partial charge in [0, 0.05) is 0 Å². The number of benzene rings is 2. The van der Waals surface area contributed by atoms with E-state index in [4.69, 9.17) is 22.6 Å². The number of amides is 1. The zero-order valence-electron chi connectivity index (χ0n) is 11.4. The van der Waals surface area contributed by atoms with E-state index in [2.05, 4.69) is 5.32 Å². The van der Waals surface area contributed by atoms with Gasteiger partial charge in [-0.05, 0) is 30.7 Å². The molecular weight excluding hydrogens is 286 g/mol. The molecule has 0 saturated carbocycles. The smallest absolute Gasteiger partial charge is 0.245 e. The van der Waals surface area contributed by atoms with Gasteiger partial charge in [0.25, 0.3) is 0 Å². The SMILES string of the molecule is Cc1ccc(C(N)C(=O)Nc2cc(C#N)ccc2Cl)cc1. The van der Waals surface area contributed by atoms with Crippen LogP contribution in [0.3, 0.4) is 0 Å². The third-order valence-corrected chi connectivity index (χ3v) is 3.40. The van der Waals surface area contributed by atoms with Gasteiger partial charge in [0.1, 0.15) is 6.04 Å². The molecular formula is C16H14ClN3O. The number of halogens is 1. The lowest BCUT2D eigenvalue weighted by Gasteiger charge is -2.14. The first-order valence-electron chi connectivity index (χ1n) is 6.34. The van der Waals surface area contributed by atoms with Crippen LogP contribution in [0.2, 0.25) is 5.02 Å². The monoisotopic (exact) mass is 299 g/mol. The van der Waals surface area contributed by atoms with Crippen LogP contribution < -0.4 is 11.1 Å². The molecule has 0 bridgehead atoms. The lowest BCUT2D eigenvalue weighted by Crippen LogP contribution is -2.27. The highest BCUT2D eigenvalue weighted by Crippen LogP contribution is 2.24. The molecule has 1 atom stereocenters. The Morgan fingerprint density at radius 3 is 2.57 bits per heavy atom. The number of hydrogen-bond donors (Lipinski definition) is 2. The molecule has 5 heteroatoms. The minimum absolute atomic E-state index is 0.360. The van der Waals surface area contributed by atoms with Gasteiger partial charge in [-0.1, -0.05) is 41.4 Å². The second-order valence-corrected chi connectivity index (χ2v) is 5.09. The molecule has 0 aliphatic rings. The van der Waals surface area contributed by atoms with E-state index in [1.165, 1.54) is 6.07 Å². The standard InChI is InChI=1S/C16H14ClN3O/c1-10-2-5-12(6-3-10)15(19)16(21)20-14-8-11(9-18)4-7-13(14)17/h2-8,15H,19H2,1H3,(H,20,21). The lowest BCUT2D eigenvalue weighted by atomic mass is 10.1. The molecule has 0 heterocycles. The maximum absolute atomic E-state index is 12.2. The number of anilines is 1. The van der Waals surface area contributed by atoms with Gasteiger partial charge in [-0.3, -0.25) is 4.79 Å². The van der Waals surface area contributed by atoms with Gasteiger partial charge in [0.15, 0.2) is 0 Å². The number of nitrogens with two attached hydrogens (primary N) is 1. The third-order valence-electron chi connectivity index (χ3n) is 3.07. The Balaban J connectivity index is 2.18. The zero-order chi connectivity index (χ0) is 15.4. The Hall–Kier alpha value is -2.35. The average Bonchev–Trinajstić information content (AvgIpc) is 2.49. The predicted octanol–water partition coefficient (Wildman–Crippen LogP) is 3.16. The van der Waals surface area contributed by atoms with Crippen LogP contribution in [0.5, 0.6) is 0 Å². The van der Waals surface area contributed by atoms with E-state index in [0.717, 1.165) is 5.56 Å². The molecule has 1 amide bonds. The van der Waals surface area contributed by atoms with E-state index in [-0.39, 0.29) is 5.91 Å². The van der Waals surface area contributed by atoms with Crippen LogP contribution in [0.1, 0.15) is 22.7 Å². The summed E-state index contributed by atoms with van der Waals surface area (Å²) in [5.41, 5.74) is 8.54. The van der Waals surface area contributed by atoms with Crippen LogP contribution in [-0.2, 0) is 4.79 Å². The van der Waals surface area contributed by atoms with Crippen molar-refractivity contribution in [2.75, 3.05) is 5.32 Å². The zero-order valence-corrected chi connectivity index (χ0v) is 12.2. The van der Waals surface area contributed by atoms with Crippen molar-refractivity contribution in [2.24, 2.45) is 5.73 Å². The number of nitriles is 1. The van der Waals surface area contributed by atoms with Crippen LogP contribution in [0.25, 0.3) is 0 Å².